The number of nitrogens with one attached hydrogen (secondary N) is 2. The van der Waals surface area contributed by atoms with E-state index in [2.05, 4.69) is 22.5 Å². The summed E-state index contributed by atoms with van der Waals surface area (Å²) in [6, 6.07) is 0. The van der Waals surface area contributed by atoms with E-state index in [4.69, 9.17) is 9.47 Å². The Bertz CT molecular complexity index is 375. The molecule has 1 aliphatic rings. The number of halogens is 1. The van der Waals surface area contributed by atoms with Crippen molar-refractivity contribution in [3.05, 3.63) is 0 Å². The van der Waals surface area contributed by atoms with Crippen LogP contribution < -0.4 is 10.6 Å². The first kappa shape index (κ1) is 24.4. The second-order valence-corrected chi connectivity index (χ2v) is 6.29. The minimum atomic E-state index is -0.00704. The van der Waals surface area contributed by atoms with Crippen LogP contribution in [0.1, 0.15) is 32.6 Å². The van der Waals surface area contributed by atoms with Gasteiger partial charge in [-0.25, -0.2) is 4.99 Å². The zero-order valence-corrected chi connectivity index (χ0v) is 18.2. The highest BCUT2D eigenvalue weighted by Crippen LogP contribution is 2.14. The topological polar surface area (TPSA) is 75.2 Å². The highest BCUT2D eigenvalue weighted by atomic mass is 127. The van der Waals surface area contributed by atoms with E-state index in [1.807, 2.05) is 0 Å². The predicted octanol–water partition coefficient (Wildman–Crippen LogP) is 1.47. The molecule has 0 saturated carbocycles. The van der Waals surface area contributed by atoms with Gasteiger partial charge in [0.15, 0.2) is 5.96 Å². The van der Waals surface area contributed by atoms with E-state index in [1.54, 1.807) is 19.0 Å². The van der Waals surface area contributed by atoms with Gasteiger partial charge in [-0.1, -0.05) is 6.92 Å². The number of hydrogen-bond donors (Lipinski definition) is 2. The van der Waals surface area contributed by atoms with Crippen LogP contribution in [0, 0.1) is 5.92 Å². The standard InChI is InChI=1S/C17H34N4O3.HI/c1-4-8-18-17(20-13-16(22)21(2)3)19-9-5-10-24-14-15-6-11-23-12-7-15;/h15H,4-14H2,1-3H3,(H2,18,19,20);1H. The van der Waals surface area contributed by atoms with Gasteiger partial charge in [-0.05, 0) is 31.6 Å². The van der Waals surface area contributed by atoms with E-state index < -0.39 is 0 Å². The maximum atomic E-state index is 11.6. The van der Waals surface area contributed by atoms with Crippen molar-refractivity contribution < 1.29 is 14.3 Å². The maximum Gasteiger partial charge on any atom is 0.243 e. The lowest BCUT2D eigenvalue weighted by Crippen LogP contribution is -2.39. The second kappa shape index (κ2) is 15.6. The summed E-state index contributed by atoms with van der Waals surface area (Å²) in [6.07, 6.45) is 4.14. The monoisotopic (exact) mass is 470 g/mol. The molecule has 1 heterocycles. The number of amides is 1. The molecule has 2 N–H and O–H groups in total. The Balaban J connectivity index is 0.00000576. The molecule has 0 radical (unpaired) electrons. The van der Waals surface area contributed by atoms with E-state index in [-0.39, 0.29) is 36.4 Å². The summed E-state index contributed by atoms with van der Waals surface area (Å²) in [5, 5.41) is 6.48. The Hall–Kier alpha value is -0.610. The van der Waals surface area contributed by atoms with Gasteiger partial charge in [0.2, 0.25) is 5.91 Å². The van der Waals surface area contributed by atoms with Crippen LogP contribution in [0.5, 0.6) is 0 Å². The quantitative estimate of drug-likeness (QED) is 0.219. The number of nitrogens with zero attached hydrogens (tertiary/aromatic N) is 2. The summed E-state index contributed by atoms with van der Waals surface area (Å²) >= 11 is 0. The van der Waals surface area contributed by atoms with Gasteiger partial charge in [0.1, 0.15) is 6.54 Å². The molecule has 8 heteroatoms. The van der Waals surface area contributed by atoms with Gasteiger partial charge in [0.05, 0.1) is 0 Å². The average molecular weight is 470 g/mol. The van der Waals surface area contributed by atoms with Gasteiger partial charge in [-0.3, -0.25) is 4.79 Å². The van der Waals surface area contributed by atoms with Gasteiger partial charge < -0.3 is 25.0 Å². The van der Waals surface area contributed by atoms with E-state index in [9.17, 15) is 4.79 Å². The SMILES string of the molecule is CCCNC(=NCC(=O)N(C)C)NCCCOCC1CCOCC1.I. The zero-order chi connectivity index (χ0) is 17.6. The molecule has 25 heavy (non-hydrogen) atoms. The first-order valence-corrected chi connectivity index (χ1v) is 9.01. The number of carbonyl (C=O) groups is 1. The van der Waals surface area contributed by atoms with E-state index in [0.717, 1.165) is 65.2 Å². The molecule has 1 fully saturated rings. The Morgan fingerprint density at radius 1 is 1.24 bits per heavy atom. The minimum Gasteiger partial charge on any atom is -0.381 e. The van der Waals surface area contributed by atoms with Crippen LogP contribution in [0.15, 0.2) is 4.99 Å². The number of aliphatic imine (C=N–C) groups is 1. The smallest absolute Gasteiger partial charge is 0.243 e. The normalized spacial score (nSPS) is 15.4. The van der Waals surface area contributed by atoms with Crippen molar-refractivity contribution in [2.75, 3.05) is 60.2 Å². The fourth-order valence-corrected chi connectivity index (χ4v) is 2.25. The van der Waals surface area contributed by atoms with Gasteiger partial charge >= 0.3 is 0 Å². The van der Waals surface area contributed by atoms with Crippen molar-refractivity contribution in [3.8, 4) is 0 Å². The van der Waals surface area contributed by atoms with Crippen molar-refractivity contribution in [2.24, 2.45) is 10.9 Å². The summed E-state index contributed by atoms with van der Waals surface area (Å²) < 4.78 is 11.1. The lowest BCUT2D eigenvalue weighted by Gasteiger charge is -2.21. The molecule has 1 saturated heterocycles. The largest absolute Gasteiger partial charge is 0.381 e. The molecule has 0 atom stereocenters. The molecule has 1 amide bonds. The van der Waals surface area contributed by atoms with Crippen LogP contribution in [0.4, 0.5) is 0 Å². The maximum absolute atomic E-state index is 11.6. The molecule has 0 aromatic carbocycles. The lowest BCUT2D eigenvalue weighted by molar-refractivity contribution is -0.127. The van der Waals surface area contributed by atoms with Crippen molar-refractivity contribution in [1.82, 2.24) is 15.5 Å². The molecule has 148 valence electrons. The fourth-order valence-electron chi connectivity index (χ4n) is 2.25. The molecule has 0 unspecified atom stereocenters. The second-order valence-electron chi connectivity index (χ2n) is 6.29. The Kier molecular flexibility index (Phi) is 15.2. The zero-order valence-electron chi connectivity index (χ0n) is 15.9. The van der Waals surface area contributed by atoms with Gasteiger partial charge in [-0.2, -0.15) is 0 Å². The number of ether oxygens (including phenoxy) is 2. The van der Waals surface area contributed by atoms with Crippen molar-refractivity contribution in [1.29, 1.82) is 0 Å². The molecule has 0 bridgehead atoms. The number of rotatable bonds is 10. The van der Waals surface area contributed by atoms with Crippen molar-refractivity contribution >= 4 is 35.8 Å². The molecule has 0 aromatic rings. The third kappa shape index (κ3) is 12.4. The minimum absolute atomic E-state index is 0. The summed E-state index contributed by atoms with van der Waals surface area (Å²) in [5.74, 6) is 1.33. The Labute approximate surface area is 169 Å². The first-order chi connectivity index (χ1) is 11.6. The number of likely N-dealkylation sites (N-methyl/N-ethyl adjacent to an activating group) is 1. The Morgan fingerprint density at radius 3 is 2.56 bits per heavy atom. The summed E-state index contributed by atoms with van der Waals surface area (Å²) in [6.45, 7) is 7.17. The first-order valence-electron chi connectivity index (χ1n) is 9.01. The molecule has 1 rings (SSSR count). The van der Waals surface area contributed by atoms with Crippen LogP contribution in [0.25, 0.3) is 0 Å². The van der Waals surface area contributed by atoms with Crippen LogP contribution in [-0.2, 0) is 14.3 Å². The molecule has 1 aliphatic heterocycles. The third-order valence-corrected chi connectivity index (χ3v) is 3.87. The Morgan fingerprint density at radius 2 is 1.92 bits per heavy atom. The van der Waals surface area contributed by atoms with Crippen molar-refractivity contribution in [2.45, 2.75) is 32.6 Å². The van der Waals surface area contributed by atoms with Gasteiger partial charge in [0.25, 0.3) is 0 Å². The highest BCUT2D eigenvalue weighted by Gasteiger charge is 2.13. The molecule has 0 aromatic heterocycles. The van der Waals surface area contributed by atoms with Crippen LogP contribution in [0.2, 0.25) is 0 Å². The van der Waals surface area contributed by atoms with Gasteiger partial charge in [-0.15, -0.1) is 24.0 Å². The van der Waals surface area contributed by atoms with Crippen LogP contribution >= 0.6 is 24.0 Å². The highest BCUT2D eigenvalue weighted by molar-refractivity contribution is 14.0. The third-order valence-electron chi connectivity index (χ3n) is 3.87. The van der Waals surface area contributed by atoms with E-state index in [0.29, 0.717) is 11.9 Å². The summed E-state index contributed by atoms with van der Waals surface area (Å²) in [4.78, 5) is 17.5. The average Bonchev–Trinajstić information content (AvgIpc) is 2.60. The van der Waals surface area contributed by atoms with E-state index >= 15 is 0 Å². The van der Waals surface area contributed by atoms with Gasteiger partial charge in [0, 0.05) is 53.6 Å². The van der Waals surface area contributed by atoms with Crippen LogP contribution in [-0.4, -0.2) is 76.9 Å². The molecular formula is C17H35IN4O3. The number of guanidine groups is 1. The fraction of sp³-hybridized carbons (Fsp3) is 0.882. The summed E-state index contributed by atoms with van der Waals surface area (Å²) in [5.41, 5.74) is 0. The lowest BCUT2D eigenvalue weighted by atomic mass is 10.0. The van der Waals surface area contributed by atoms with E-state index in [1.165, 1.54) is 0 Å². The number of hydrogen-bond acceptors (Lipinski definition) is 4. The molecule has 0 aliphatic carbocycles. The predicted molar refractivity (Wildman–Crippen MR) is 112 cm³/mol. The molecular weight excluding hydrogens is 435 g/mol. The van der Waals surface area contributed by atoms with Crippen molar-refractivity contribution in [3.63, 3.8) is 0 Å². The molecule has 7 nitrogen and oxygen atoms in total. The molecule has 0 spiro atoms. The number of carbonyl (C=O) groups excluding carboxylic acids is 1. The van der Waals surface area contributed by atoms with Crippen LogP contribution in [0.3, 0.4) is 0 Å². The summed E-state index contributed by atoms with van der Waals surface area (Å²) in [7, 11) is 3.47.